The SMILES string of the molecule is COC[C@@H](N)C(=O)NCc1ccc(OC(F)(F)F)cc1.Cl. The van der Waals surface area contributed by atoms with Gasteiger partial charge in [0.15, 0.2) is 0 Å². The molecular formula is C12H16ClF3N2O3. The van der Waals surface area contributed by atoms with Gasteiger partial charge in [0.2, 0.25) is 5.91 Å². The Morgan fingerprint density at radius 1 is 1.33 bits per heavy atom. The van der Waals surface area contributed by atoms with E-state index in [1.807, 2.05) is 0 Å². The summed E-state index contributed by atoms with van der Waals surface area (Å²) in [5.41, 5.74) is 6.13. The van der Waals surface area contributed by atoms with Crippen molar-refractivity contribution in [2.45, 2.75) is 18.9 Å². The number of ether oxygens (including phenoxy) is 2. The van der Waals surface area contributed by atoms with Gasteiger partial charge < -0.3 is 20.5 Å². The van der Waals surface area contributed by atoms with E-state index in [4.69, 9.17) is 10.5 Å². The van der Waals surface area contributed by atoms with Crippen molar-refractivity contribution in [2.24, 2.45) is 5.73 Å². The molecule has 5 nitrogen and oxygen atoms in total. The summed E-state index contributed by atoms with van der Waals surface area (Å²) in [5.74, 6) is -0.717. The van der Waals surface area contributed by atoms with Gasteiger partial charge in [0.25, 0.3) is 0 Å². The zero-order chi connectivity index (χ0) is 15.2. The molecule has 0 radical (unpaired) electrons. The van der Waals surface area contributed by atoms with Gasteiger partial charge in [0.05, 0.1) is 6.61 Å². The molecule has 1 aromatic carbocycles. The van der Waals surface area contributed by atoms with Crippen molar-refractivity contribution in [3.8, 4) is 5.75 Å². The van der Waals surface area contributed by atoms with E-state index in [0.717, 1.165) is 0 Å². The van der Waals surface area contributed by atoms with Gasteiger partial charge in [-0.3, -0.25) is 4.79 Å². The van der Waals surface area contributed by atoms with Crippen molar-refractivity contribution >= 4 is 18.3 Å². The highest BCUT2D eigenvalue weighted by molar-refractivity contribution is 5.85. The van der Waals surface area contributed by atoms with Crippen molar-refractivity contribution in [1.29, 1.82) is 0 Å². The number of rotatable bonds is 6. The molecule has 0 aromatic heterocycles. The third-order valence-corrected chi connectivity index (χ3v) is 2.31. The minimum Gasteiger partial charge on any atom is -0.406 e. The number of hydrogen-bond donors (Lipinski definition) is 2. The van der Waals surface area contributed by atoms with E-state index in [1.165, 1.54) is 31.4 Å². The van der Waals surface area contributed by atoms with Crippen molar-refractivity contribution in [2.75, 3.05) is 13.7 Å². The molecule has 21 heavy (non-hydrogen) atoms. The number of halogens is 4. The number of benzene rings is 1. The highest BCUT2D eigenvalue weighted by atomic mass is 35.5. The van der Waals surface area contributed by atoms with Gasteiger partial charge in [-0.15, -0.1) is 25.6 Å². The van der Waals surface area contributed by atoms with E-state index in [2.05, 4.69) is 10.1 Å². The lowest BCUT2D eigenvalue weighted by atomic mass is 10.2. The Bertz CT molecular complexity index is 440. The molecule has 1 aromatic rings. The smallest absolute Gasteiger partial charge is 0.406 e. The van der Waals surface area contributed by atoms with Crippen LogP contribution >= 0.6 is 12.4 Å². The summed E-state index contributed by atoms with van der Waals surface area (Å²) in [5, 5.41) is 2.54. The number of hydrogen-bond acceptors (Lipinski definition) is 4. The Labute approximate surface area is 126 Å². The van der Waals surface area contributed by atoms with Gasteiger partial charge in [-0.05, 0) is 17.7 Å². The Morgan fingerprint density at radius 3 is 2.38 bits per heavy atom. The number of carbonyl (C=O) groups excluding carboxylic acids is 1. The molecule has 0 aliphatic heterocycles. The molecule has 120 valence electrons. The van der Waals surface area contributed by atoms with Gasteiger partial charge in [-0.2, -0.15) is 0 Å². The van der Waals surface area contributed by atoms with Gasteiger partial charge in [-0.25, -0.2) is 0 Å². The molecule has 0 bridgehead atoms. The van der Waals surface area contributed by atoms with Crippen molar-refractivity contribution < 1.29 is 27.4 Å². The average molecular weight is 329 g/mol. The highest BCUT2D eigenvalue weighted by Gasteiger charge is 2.30. The zero-order valence-electron chi connectivity index (χ0n) is 11.1. The van der Waals surface area contributed by atoms with Crippen LogP contribution in [-0.4, -0.2) is 32.0 Å². The fourth-order valence-corrected chi connectivity index (χ4v) is 1.38. The largest absolute Gasteiger partial charge is 0.573 e. The van der Waals surface area contributed by atoms with Crippen LogP contribution in [0.4, 0.5) is 13.2 Å². The Morgan fingerprint density at radius 2 is 1.90 bits per heavy atom. The molecule has 0 spiro atoms. The van der Waals surface area contributed by atoms with Crippen LogP contribution in [0.3, 0.4) is 0 Å². The van der Waals surface area contributed by atoms with Gasteiger partial charge in [0.1, 0.15) is 11.8 Å². The van der Waals surface area contributed by atoms with Crippen molar-refractivity contribution in [3.05, 3.63) is 29.8 Å². The van der Waals surface area contributed by atoms with E-state index in [0.29, 0.717) is 5.56 Å². The van der Waals surface area contributed by atoms with Crippen LogP contribution in [0.5, 0.6) is 5.75 Å². The van der Waals surface area contributed by atoms with Crippen LogP contribution in [0.15, 0.2) is 24.3 Å². The zero-order valence-corrected chi connectivity index (χ0v) is 12.0. The number of alkyl halides is 3. The highest BCUT2D eigenvalue weighted by Crippen LogP contribution is 2.22. The minimum absolute atomic E-state index is 0. The first-order chi connectivity index (χ1) is 9.31. The molecule has 1 atom stereocenters. The second-order valence-electron chi connectivity index (χ2n) is 3.97. The van der Waals surface area contributed by atoms with E-state index < -0.39 is 18.3 Å². The normalized spacial score (nSPS) is 12.2. The molecule has 0 aliphatic carbocycles. The molecule has 9 heteroatoms. The summed E-state index contributed by atoms with van der Waals surface area (Å²) >= 11 is 0. The summed E-state index contributed by atoms with van der Waals surface area (Å²) in [7, 11) is 1.42. The van der Waals surface area contributed by atoms with Crippen molar-refractivity contribution in [3.63, 3.8) is 0 Å². The lowest BCUT2D eigenvalue weighted by Gasteiger charge is -2.12. The number of methoxy groups -OCH3 is 1. The summed E-state index contributed by atoms with van der Waals surface area (Å²) < 4.78 is 44.3. The minimum atomic E-state index is -4.72. The maximum atomic E-state index is 12.0. The maximum absolute atomic E-state index is 12.0. The first-order valence-corrected chi connectivity index (χ1v) is 5.68. The number of nitrogens with two attached hydrogens (primary N) is 1. The van der Waals surface area contributed by atoms with E-state index in [9.17, 15) is 18.0 Å². The Hall–Kier alpha value is -1.51. The van der Waals surface area contributed by atoms with Crippen LogP contribution in [0.25, 0.3) is 0 Å². The molecule has 0 heterocycles. The lowest BCUT2D eigenvalue weighted by Crippen LogP contribution is -2.43. The van der Waals surface area contributed by atoms with Crippen LogP contribution in [0.1, 0.15) is 5.56 Å². The predicted octanol–water partition coefficient (Wildman–Crippen LogP) is 1.60. The quantitative estimate of drug-likeness (QED) is 0.832. The fraction of sp³-hybridized carbons (Fsp3) is 0.417. The molecule has 0 saturated carbocycles. The van der Waals surface area contributed by atoms with Crippen LogP contribution < -0.4 is 15.8 Å². The molecular weight excluding hydrogens is 313 g/mol. The second-order valence-corrected chi connectivity index (χ2v) is 3.97. The van der Waals surface area contributed by atoms with Crippen LogP contribution in [0, 0.1) is 0 Å². The molecule has 0 fully saturated rings. The third kappa shape index (κ3) is 7.74. The van der Waals surface area contributed by atoms with E-state index >= 15 is 0 Å². The van der Waals surface area contributed by atoms with Crippen molar-refractivity contribution in [1.82, 2.24) is 5.32 Å². The standard InChI is InChI=1S/C12H15F3N2O3.ClH/c1-19-7-10(16)11(18)17-6-8-2-4-9(5-3-8)20-12(13,14)15;/h2-5,10H,6-7,16H2,1H3,(H,17,18);1H/t10-;/m1./s1. The Kier molecular flexibility index (Phi) is 8.08. The number of nitrogens with one attached hydrogen (secondary N) is 1. The topological polar surface area (TPSA) is 73.6 Å². The Balaban J connectivity index is 0.00000400. The first kappa shape index (κ1) is 19.5. The first-order valence-electron chi connectivity index (χ1n) is 5.68. The third-order valence-electron chi connectivity index (χ3n) is 2.31. The predicted molar refractivity (Wildman–Crippen MR) is 72.1 cm³/mol. The summed E-state index contributed by atoms with van der Waals surface area (Å²) in [6.45, 7) is 0.243. The van der Waals surface area contributed by atoms with E-state index in [1.54, 1.807) is 0 Å². The second kappa shape index (κ2) is 8.71. The molecule has 0 saturated heterocycles. The van der Waals surface area contributed by atoms with Crippen LogP contribution in [-0.2, 0) is 16.1 Å². The fourth-order valence-electron chi connectivity index (χ4n) is 1.38. The van der Waals surface area contributed by atoms with Crippen LogP contribution in [0.2, 0.25) is 0 Å². The van der Waals surface area contributed by atoms with Gasteiger partial charge in [-0.1, -0.05) is 12.1 Å². The summed E-state index contributed by atoms with van der Waals surface area (Å²) in [4.78, 5) is 11.5. The number of carbonyl (C=O) groups is 1. The monoisotopic (exact) mass is 328 g/mol. The molecule has 1 rings (SSSR count). The summed E-state index contributed by atoms with van der Waals surface area (Å²) in [6.07, 6.45) is -4.72. The lowest BCUT2D eigenvalue weighted by molar-refractivity contribution is -0.274. The molecule has 1 amide bonds. The summed E-state index contributed by atoms with van der Waals surface area (Å²) in [6, 6.07) is 4.40. The molecule has 0 aliphatic rings. The van der Waals surface area contributed by atoms with E-state index in [-0.39, 0.29) is 31.3 Å². The van der Waals surface area contributed by atoms with Gasteiger partial charge in [0, 0.05) is 13.7 Å². The molecule has 0 unspecified atom stereocenters. The maximum Gasteiger partial charge on any atom is 0.573 e. The average Bonchev–Trinajstić information content (AvgIpc) is 2.36. The van der Waals surface area contributed by atoms with Gasteiger partial charge >= 0.3 is 6.36 Å². The number of amides is 1. The molecule has 3 N–H and O–H groups in total.